The maximum Gasteiger partial charge on any atom is 0.246 e. The highest BCUT2D eigenvalue weighted by atomic mass is 79.9. The summed E-state index contributed by atoms with van der Waals surface area (Å²) in [6.45, 7) is 3.86. The molecule has 118 valence electrons. The first-order valence-corrected chi connectivity index (χ1v) is 8.83. The van der Waals surface area contributed by atoms with Crippen molar-refractivity contribution in [3.63, 3.8) is 0 Å². The van der Waals surface area contributed by atoms with Crippen LogP contribution >= 0.6 is 27.5 Å². The van der Waals surface area contributed by atoms with Crippen LogP contribution in [0.4, 0.5) is 10.1 Å². The molecule has 9 heteroatoms. The summed E-state index contributed by atoms with van der Waals surface area (Å²) in [6.07, 6.45) is -0.262. The number of hydrogen-bond donors (Lipinski definition) is 1. The molecule has 2 unspecified atom stereocenters. The van der Waals surface area contributed by atoms with E-state index < -0.39 is 26.8 Å². The van der Waals surface area contributed by atoms with Gasteiger partial charge in [-0.25, -0.2) is 12.8 Å². The number of anilines is 1. The quantitative estimate of drug-likeness (QED) is 0.611. The van der Waals surface area contributed by atoms with Crippen molar-refractivity contribution in [1.29, 1.82) is 0 Å². The summed E-state index contributed by atoms with van der Waals surface area (Å²) in [4.78, 5) is -0.519. The zero-order valence-corrected chi connectivity index (χ0v) is 14.6. The summed E-state index contributed by atoms with van der Waals surface area (Å²) in [7, 11) is -4.04. The summed E-state index contributed by atoms with van der Waals surface area (Å²) in [5.41, 5.74) is 5.23. The van der Waals surface area contributed by atoms with E-state index in [9.17, 15) is 12.8 Å². The largest absolute Gasteiger partial charge is 0.395 e. The molecule has 5 nitrogen and oxygen atoms in total. The molecule has 0 amide bonds. The lowest BCUT2D eigenvalue weighted by Crippen LogP contribution is -2.50. The third kappa shape index (κ3) is 3.05. The Hall–Kier alpha value is -0.410. The zero-order chi connectivity index (χ0) is 15.9. The lowest BCUT2D eigenvalue weighted by atomic mass is 10.2. The first-order chi connectivity index (χ1) is 9.66. The Morgan fingerprint density at radius 3 is 2.76 bits per heavy atom. The van der Waals surface area contributed by atoms with Gasteiger partial charge in [0.2, 0.25) is 10.0 Å². The average molecular weight is 402 g/mol. The monoisotopic (exact) mass is 400 g/mol. The highest BCUT2D eigenvalue weighted by molar-refractivity contribution is 9.10. The molecule has 1 aliphatic rings. The average Bonchev–Trinajstić information content (AvgIpc) is 2.42. The second-order valence-electron chi connectivity index (χ2n) is 4.97. The van der Waals surface area contributed by atoms with Crippen molar-refractivity contribution in [1.82, 2.24) is 4.31 Å². The molecule has 1 aliphatic heterocycles. The predicted molar refractivity (Wildman–Crippen MR) is 82.3 cm³/mol. The molecule has 0 aromatic heterocycles. The minimum atomic E-state index is -4.04. The van der Waals surface area contributed by atoms with E-state index in [0.29, 0.717) is 0 Å². The SMILES string of the molecule is CC1CN(S(=O)(=O)c2cc(Cl)c(Br)c(N)c2F)C(C)CO1. The third-order valence-corrected chi connectivity index (χ3v) is 6.65. The molecular weight excluding hydrogens is 387 g/mol. The molecule has 0 spiro atoms. The van der Waals surface area contributed by atoms with Crippen LogP contribution in [0.3, 0.4) is 0 Å². The smallest absolute Gasteiger partial charge is 0.246 e. The van der Waals surface area contributed by atoms with E-state index in [2.05, 4.69) is 15.9 Å². The number of hydrogen-bond acceptors (Lipinski definition) is 4. The molecule has 0 bridgehead atoms. The molecule has 1 heterocycles. The van der Waals surface area contributed by atoms with Crippen molar-refractivity contribution in [2.45, 2.75) is 30.9 Å². The number of sulfonamides is 1. The zero-order valence-electron chi connectivity index (χ0n) is 11.4. The minimum Gasteiger partial charge on any atom is -0.395 e. The summed E-state index contributed by atoms with van der Waals surface area (Å²) in [6, 6.07) is 0.675. The Morgan fingerprint density at radius 2 is 2.14 bits per heavy atom. The van der Waals surface area contributed by atoms with E-state index in [0.717, 1.165) is 6.07 Å². The van der Waals surface area contributed by atoms with E-state index >= 15 is 0 Å². The number of nitrogen functional groups attached to an aromatic ring is 1. The van der Waals surface area contributed by atoms with Crippen LogP contribution in [0.15, 0.2) is 15.4 Å². The maximum atomic E-state index is 14.3. The van der Waals surface area contributed by atoms with Gasteiger partial charge in [0.25, 0.3) is 0 Å². The highest BCUT2D eigenvalue weighted by Crippen LogP contribution is 2.36. The van der Waals surface area contributed by atoms with E-state index in [1.54, 1.807) is 13.8 Å². The number of nitrogens with two attached hydrogens (primary N) is 1. The third-order valence-electron chi connectivity index (χ3n) is 3.29. The summed E-state index contributed by atoms with van der Waals surface area (Å²) in [5, 5.41) is 0.0430. The first-order valence-electron chi connectivity index (χ1n) is 6.22. The molecule has 21 heavy (non-hydrogen) atoms. The molecule has 1 fully saturated rings. The Bertz CT molecular complexity index is 671. The normalized spacial score (nSPS) is 24.2. The minimum absolute atomic E-state index is 0.0430. The summed E-state index contributed by atoms with van der Waals surface area (Å²) >= 11 is 8.92. The van der Waals surface area contributed by atoms with Gasteiger partial charge in [0, 0.05) is 12.6 Å². The van der Waals surface area contributed by atoms with Gasteiger partial charge in [0.05, 0.1) is 27.9 Å². The first kappa shape index (κ1) is 17.0. The fourth-order valence-electron chi connectivity index (χ4n) is 2.12. The summed E-state index contributed by atoms with van der Waals surface area (Å²) in [5.74, 6) is -1.00. The summed E-state index contributed by atoms with van der Waals surface area (Å²) < 4.78 is 46.4. The van der Waals surface area contributed by atoms with Crippen molar-refractivity contribution in [3.8, 4) is 0 Å². The predicted octanol–water partition coefficient (Wildman–Crippen LogP) is 2.62. The van der Waals surface area contributed by atoms with Gasteiger partial charge < -0.3 is 10.5 Å². The Balaban J connectivity index is 2.54. The number of nitrogens with zero attached hydrogens (tertiary/aromatic N) is 1. The van der Waals surface area contributed by atoms with Crippen molar-refractivity contribution in [2.75, 3.05) is 18.9 Å². The van der Waals surface area contributed by atoms with Gasteiger partial charge in [0.1, 0.15) is 4.90 Å². The van der Waals surface area contributed by atoms with Crippen LogP contribution in [0.5, 0.6) is 0 Å². The van der Waals surface area contributed by atoms with Crippen LogP contribution in [0.2, 0.25) is 5.02 Å². The van der Waals surface area contributed by atoms with Gasteiger partial charge in [-0.3, -0.25) is 0 Å². The van der Waals surface area contributed by atoms with Crippen LogP contribution in [-0.4, -0.2) is 38.0 Å². The molecule has 0 aliphatic carbocycles. The van der Waals surface area contributed by atoms with E-state index in [1.165, 1.54) is 4.31 Å². The fourth-order valence-corrected chi connectivity index (χ4v) is 4.48. The molecule has 0 radical (unpaired) electrons. The number of benzene rings is 1. The van der Waals surface area contributed by atoms with Crippen molar-refractivity contribution in [2.24, 2.45) is 0 Å². The molecule has 1 aromatic rings. The van der Waals surface area contributed by atoms with Crippen LogP contribution in [0.25, 0.3) is 0 Å². The molecule has 2 atom stereocenters. The van der Waals surface area contributed by atoms with Gasteiger partial charge >= 0.3 is 0 Å². The van der Waals surface area contributed by atoms with E-state index in [1.807, 2.05) is 0 Å². The molecule has 2 N–H and O–H groups in total. The van der Waals surface area contributed by atoms with Gasteiger partial charge in [0.15, 0.2) is 5.82 Å². The van der Waals surface area contributed by atoms with Crippen LogP contribution in [0, 0.1) is 5.82 Å². The van der Waals surface area contributed by atoms with Crippen LogP contribution < -0.4 is 5.73 Å². The number of halogens is 3. The van der Waals surface area contributed by atoms with Gasteiger partial charge in [-0.1, -0.05) is 11.6 Å². The van der Waals surface area contributed by atoms with E-state index in [4.69, 9.17) is 22.1 Å². The van der Waals surface area contributed by atoms with Gasteiger partial charge in [-0.2, -0.15) is 4.31 Å². The number of ether oxygens (including phenoxy) is 1. The highest BCUT2D eigenvalue weighted by Gasteiger charge is 2.36. The lowest BCUT2D eigenvalue weighted by molar-refractivity contribution is -0.0171. The topological polar surface area (TPSA) is 72.6 Å². The molecule has 1 saturated heterocycles. The van der Waals surface area contributed by atoms with Crippen LogP contribution in [-0.2, 0) is 14.8 Å². The molecule has 0 saturated carbocycles. The second-order valence-corrected chi connectivity index (χ2v) is 8.03. The molecule has 1 aromatic carbocycles. The number of morpholine rings is 1. The fraction of sp³-hybridized carbons (Fsp3) is 0.500. The number of rotatable bonds is 2. The maximum absolute atomic E-state index is 14.3. The van der Waals surface area contributed by atoms with Gasteiger partial charge in [-0.15, -0.1) is 0 Å². The van der Waals surface area contributed by atoms with Crippen LogP contribution in [0.1, 0.15) is 13.8 Å². The Labute approximate surface area is 136 Å². The Morgan fingerprint density at radius 1 is 1.52 bits per heavy atom. The standard InChI is InChI=1S/C12H15BrClFN2O3S/c1-6-5-20-7(2)4-17(6)21(18,19)9-3-8(14)10(13)12(16)11(9)15/h3,6-7H,4-5,16H2,1-2H3. The Kier molecular flexibility index (Phi) is 4.84. The van der Waals surface area contributed by atoms with Crippen molar-refractivity contribution >= 4 is 43.2 Å². The second kappa shape index (κ2) is 6.00. The van der Waals surface area contributed by atoms with Crippen molar-refractivity contribution in [3.05, 3.63) is 21.4 Å². The van der Waals surface area contributed by atoms with Crippen molar-refractivity contribution < 1.29 is 17.5 Å². The molecular formula is C12H15BrClFN2O3S. The van der Waals surface area contributed by atoms with E-state index in [-0.39, 0.29) is 34.4 Å². The molecule has 2 rings (SSSR count). The van der Waals surface area contributed by atoms with Gasteiger partial charge in [-0.05, 0) is 35.8 Å². The lowest BCUT2D eigenvalue weighted by Gasteiger charge is -2.35.